The van der Waals surface area contributed by atoms with Crippen LogP contribution in [0.1, 0.15) is 31.2 Å². The van der Waals surface area contributed by atoms with E-state index < -0.39 is 0 Å². The molecule has 7 heteroatoms. The maximum Gasteiger partial charge on any atom is 0.331 e. The molecule has 0 spiro atoms. The fourth-order valence-corrected chi connectivity index (χ4v) is 5.13. The molecule has 1 N–H and O–H groups in total. The van der Waals surface area contributed by atoms with Crippen LogP contribution in [0.5, 0.6) is 0 Å². The average Bonchev–Trinajstić information content (AvgIpc) is 3.25. The Bertz CT molecular complexity index is 1120. The highest BCUT2D eigenvalue weighted by molar-refractivity contribution is 7.17. The predicted octanol–water partition coefficient (Wildman–Crippen LogP) is 2.83. The summed E-state index contributed by atoms with van der Waals surface area (Å²) in [5.41, 5.74) is 1.28. The van der Waals surface area contributed by atoms with E-state index in [1.807, 2.05) is 41.8 Å². The van der Waals surface area contributed by atoms with Gasteiger partial charge in [0, 0.05) is 19.5 Å². The molecule has 0 unspecified atom stereocenters. The number of benzene rings is 1. The lowest BCUT2D eigenvalue weighted by molar-refractivity contribution is -0.125. The van der Waals surface area contributed by atoms with E-state index >= 15 is 0 Å². The predicted molar refractivity (Wildman–Crippen MR) is 115 cm³/mol. The van der Waals surface area contributed by atoms with Gasteiger partial charge in [0.05, 0.1) is 12.1 Å². The van der Waals surface area contributed by atoms with Gasteiger partial charge in [-0.3, -0.25) is 18.7 Å². The van der Waals surface area contributed by atoms with Crippen molar-refractivity contribution in [2.45, 2.75) is 38.8 Å². The lowest BCUT2D eigenvalue weighted by Gasteiger charge is -2.27. The topological polar surface area (TPSA) is 73.1 Å². The monoisotopic (exact) mass is 411 g/mol. The number of hydrogen-bond acceptors (Lipinski definition) is 4. The molecular formula is C22H25N3O3S. The minimum Gasteiger partial charge on any atom is -0.359 e. The SMILES string of the molecule is CNC(=O)C1CCC(Cn2c(=O)c3sccc3n(Cc3ccccc3)c2=O)CC1. The van der Waals surface area contributed by atoms with Crippen LogP contribution >= 0.6 is 11.3 Å². The van der Waals surface area contributed by atoms with Gasteiger partial charge in [-0.25, -0.2) is 4.79 Å². The molecule has 0 atom stereocenters. The van der Waals surface area contributed by atoms with Crippen LogP contribution in [0.3, 0.4) is 0 Å². The summed E-state index contributed by atoms with van der Waals surface area (Å²) in [6.07, 6.45) is 3.31. The Kier molecular flexibility index (Phi) is 5.67. The lowest BCUT2D eigenvalue weighted by Crippen LogP contribution is -2.42. The fourth-order valence-electron chi connectivity index (χ4n) is 4.28. The largest absolute Gasteiger partial charge is 0.359 e. The van der Waals surface area contributed by atoms with Crippen molar-refractivity contribution >= 4 is 27.5 Å². The van der Waals surface area contributed by atoms with Crippen molar-refractivity contribution < 1.29 is 4.79 Å². The highest BCUT2D eigenvalue weighted by Gasteiger charge is 2.27. The van der Waals surface area contributed by atoms with Crippen LogP contribution < -0.4 is 16.6 Å². The second kappa shape index (κ2) is 8.37. The molecule has 152 valence electrons. The maximum atomic E-state index is 13.3. The minimum absolute atomic E-state index is 0.0440. The van der Waals surface area contributed by atoms with Crippen molar-refractivity contribution in [1.29, 1.82) is 0 Å². The number of thiophene rings is 1. The number of fused-ring (bicyclic) bond motifs is 1. The van der Waals surface area contributed by atoms with Crippen molar-refractivity contribution in [3.8, 4) is 0 Å². The number of nitrogens with zero attached hydrogens (tertiary/aromatic N) is 2. The van der Waals surface area contributed by atoms with Crippen LogP contribution in [0.4, 0.5) is 0 Å². The molecule has 3 aromatic rings. The minimum atomic E-state index is -0.252. The molecule has 2 aromatic heterocycles. The summed E-state index contributed by atoms with van der Waals surface area (Å²) in [6, 6.07) is 11.7. The lowest BCUT2D eigenvalue weighted by atomic mass is 9.81. The first-order valence-corrected chi connectivity index (χ1v) is 10.9. The van der Waals surface area contributed by atoms with Crippen LogP contribution in [-0.4, -0.2) is 22.1 Å². The maximum absolute atomic E-state index is 13.3. The summed E-state index contributed by atoms with van der Waals surface area (Å²) >= 11 is 1.38. The van der Waals surface area contributed by atoms with Gasteiger partial charge in [-0.15, -0.1) is 11.3 Å². The van der Waals surface area contributed by atoms with E-state index in [4.69, 9.17) is 0 Å². The van der Waals surface area contributed by atoms with Gasteiger partial charge in [0.15, 0.2) is 0 Å². The fraction of sp³-hybridized carbons (Fsp3) is 0.409. The average molecular weight is 412 g/mol. The smallest absolute Gasteiger partial charge is 0.331 e. The van der Waals surface area contributed by atoms with Crippen LogP contribution in [0, 0.1) is 11.8 Å². The molecule has 2 heterocycles. The number of aromatic nitrogens is 2. The molecule has 1 aliphatic rings. The first kappa shape index (κ1) is 19.6. The second-order valence-corrected chi connectivity index (χ2v) is 8.65. The molecule has 1 saturated carbocycles. The first-order chi connectivity index (χ1) is 14.1. The Morgan fingerprint density at radius 2 is 1.79 bits per heavy atom. The third-order valence-electron chi connectivity index (χ3n) is 5.92. The molecule has 1 aliphatic carbocycles. The summed E-state index contributed by atoms with van der Waals surface area (Å²) in [4.78, 5) is 38.1. The summed E-state index contributed by atoms with van der Waals surface area (Å²) in [5.74, 6) is 0.372. The molecule has 0 saturated heterocycles. The van der Waals surface area contributed by atoms with Crippen molar-refractivity contribution in [3.63, 3.8) is 0 Å². The van der Waals surface area contributed by atoms with E-state index in [0.29, 0.717) is 23.3 Å². The van der Waals surface area contributed by atoms with Crippen LogP contribution in [0.2, 0.25) is 0 Å². The summed E-state index contributed by atoms with van der Waals surface area (Å²) in [6.45, 7) is 0.858. The van der Waals surface area contributed by atoms with Gasteiger partial charge in [-0.05, 0) is 48.6 Å². The highest BCUT2D eigenvalue weighted by atomic mass is 32.1. The van der Waals surface area contributed by atoms with E-state index in [0.717, 1.165) is 31.2 Å². The van der Waals surface area contributed by atoms with E-state index in [2.05, 4.69) is 5.32 Å². The summed E-state index contributed by atoms with van der Waals surface area (Å²) < 4.78 is 3.74. The summed E-state index contributed by atoms with van der Waals surface area (Å²) in [5, 5.41) is 4.59. The van der Waals surface area contributed by atoms with Gasteiger partial charge in [-0.2, -0.15) is 0 Å². The molecule has 0 aliphatic heterocycles. The van der Waals surface area contributed by atoms with Gasteiger partial charge in [0.2, 0.25) is 5.91 Å². The zero-order valence-electron chi connectivity index (χ0n) is 16.5. The van der Waals surface area contributed by atoms with Gasteiger partial charge in [0.1, 0.15) is 4.70 Å². The Balaban J connectivity index is 1.64. The van der Waals surface area contributed by atoms with E-state index in [-0.39, 0.29) is 29.0 Å². The number of carbonyl (C=O) groups excluding carboxylic acids is 1. The molecule has 29 heavy (non-hydrogen) atoms. The molecule has 4 rings (SSSR count). The van der Waals surface area contributed by atoms with Gasteiger partial charge < -0.3 is 5.32 Å². The Hall–Kier alpha value is -2.67. The van der Waals surface area contributed by atoms with Crippen LogP contribution in [-0.2, 0) is 17.9 Å². The van der Waals surface area contributed by atoms with Gasteiger partial charge in [-0.1, -0.05) is 30.3 Å². The number of amides is 1. The number of carbonyl (C=O) groups is 1. The zero-order valence-corrected chi connectivity index (χ0v) is 17.3. The van der Waals surface area contributed by atoms with Crippen LogP contribution in [0.15, 0.2) is 51.4 Å². The van der Waals surface area contributed by atoms with E-state index in [9.17, 15) is 14.4 Å². The third kappa shape index (κ3) is 3.92. The highest BCUT2D eigenvalue weighted by Crippen LogP contribution is 2.29. The van der Waals surface area contributed by atoms with Gasteiger partial charge >= 0.3 is 5.69 Å². The Labute approximate surface area is 172 Å². The molecule has 6 nitrogen and oxygen atoms in total. The van der Waals surface area contributed by atoms with Gasteiger partial charge in [0.25, 0.3) is 5.56 Å². The molecule has 0 bridgehead atoms. The van der Waals surface area contributed by atoms with E-state index in [1.54, 1.807) is 11.6 Å². The molecular weight excluding hydrogens is 386 g/mol. The Morgan fingerprint density at radius 3 is 2.48 bits per heavy atom. The first-order valence-electron chi connectivity index (χ1n) is 10.0. The second-order valence-electron chi connectivity index (χ2n) is 7.74. The van der Waals surface area contributed by atoms with Crippen molar-refractivity contribution in [2.75, 3.05) is 7.05 Å². The quantitative estimate of drug-likeness (QED) is 0.702. The molecule has 1 fully saturated rings. The summed E-state index contributed by atoms with van der Waals surface area (Å²) in [7, 11) is 1.67. The zero-order chi connectivity index (χ0) is 20.4. The normalized spacial score (nSPS) is 19.3. The molecule has 1 amide bonds. The van der Waals surface area contributed by atoms with Crippen molar-refractivity contribution in [1.82, 2.24) is 14.5 Å². The van der Waals surface area contributed by atoms with Crippen molar-refractivity contribution in [3.05, 3.63) is 68.2 Å². The molecule has 1 aromatic carbocycles. The Morgan fingerprint density at radius 1 is 1.07 bits per heavy atom. The third-order valence-corrected chi connectivity index (χ3v) is 6.82. The van der Waals surface area contributed by atoms with Crippen molar-refractivity contribution in [2.24, 2.45) is 11.8 Å². The number of nitrogens with one attached hydrogen (secondary N) is 1. The van der Waals surface area contributed by atoms with E-state index in [1.165, 1.54) is 15.9 Å². The molecule has 0 radical (unpaired) electrons. The number of rotatable bonds is 5. The standard InChI is InChI=1S/C22H25N3O3S/c1-23-20(26)17-9-7-16(8-10-17)14-25-21(27)19-18(11-12-29-19)24(22(25)28)13-15-5-3-2-4-6-15/h2-6,11-12,16-17H,7-10,13-14H2,1H3,(H,23,26). The number of hydrogen-bond donors (Lipinski definition) is 1. The van der Waals surface area contributed by atoms with Crippen LogP contribution in [0.25, 0.3) is 10.2 Å².